The molecule has 8 heteroatoms. The number of carbonyl (C=O) groups is 2. The third-order valence-corrected chi connectivity index (χ3v) is 5.30. The highest BCUT2D eigenvalue weighted by molar-refractivity contribution is 6.16. The van der Waals surface area contributed by atoms with Gasteiger partial charge in [-0.25, -0.2) is 4.39 Å². The summed E-state index contributed by atoms with van der Waals surface area (Å²) in [7, 11) is 0. The molecule has 0 aromatic heterocycles. The van der Waals surface area contributed by atoms with Crippen molar-refractivity contribution >= 4 is 28.7 Å². The molecule has 0 N–H and O–H groups in total. The van der Waals surface area contributed by atoms with E-state index in [1.54, 1.807) is 24.3 Å². The first kappa shape index (κ1) is 21.7. The zero-order valence-electron chi connectivity index (χ0n) is 17.2. The van der Waals surface area contributed by atoms with Crippen LogP contribution in [0.25, 0.3) is 10.8 Å². The monoisotopic (exact) mass is 443 g/mol. The molecule has 3 aromatic rings. The topological polar surface area (TPSA) is 55.8 Å². The molecule has 166 valence electrons. The fraction of sp³-hybridized carbons (Fsp3) is 0.250. The standard InChI is InChI=1S/C24H20F3NO4/c1-2-11-31-21-16-5-3-4-6-17(16)22(32-24(26)27)20-18(21)13-28(23(20)30)15-8-7-14(9-10-29)19(25)12-15/h3-8,10,12,24H,2,9,11,13H2,1H3. The minimum atomic E-state index is -3.13. The predicted molar refractivity (Wildman–Crippen MR) is 113 cm³/mol. The van der Waals surface area contributed by atoms with Gasteiger partial charge >= 0.3 is 6.61 Å². The first-order chi connectivity index (χ1) is 15.5. The molecule has 0 saturated carbocycles. The number of aldehydes is 1. The van der Waals surface area contributed by atoms with E-state index < -0.39 is 18.3 Å². The van der Waals surface area contributed by atoms with Gasteiger partial charge in [-0.1, -0.05) is 37.3 Å². The van der Waals surface area contributed by atoms with Gasteiger partial charge in [-0.15, -0.1) is 0 Å². The molecular weight excluding hydrogens is 423 g/mol. The highest BCUT2D eigenvalue weighted by Crippen LogP contribution is 2.46. The van der Waals surface area contributed by atoms with Crippen LogP contribution in [0.15, 0.2) is 42.5 Å². The highest BCUT2D eigenvalue weighted by atomic mass is 19.3. The van der Waals surface area contributed by atoms with Crippen molar-refractivity contribution in [1.82, 2.24) is 0 Å². The van der Waals surface area contributed by atoms with Crippen molar-refractivity contribution in [3.63, 3.8) is 0 Å². The van der Waals surface area contributed by atoms with Crippen LogP contribution in [0, 0.1) is 5.82 Å². The lowest BCUT2D eigenvalue weighted by Crippen LogP contribution is -2.23. The molecule has 0 fully saturated rings. The van der Waals surface area contributed by atoms with Crippen LogP contribution in [0.3, 0.4) is 0 Å². The van der Waals surface area contributed by atoms with Crippen LogP contribution in [0.2, 0.25) is 0 Å². The highest BCUT2D eigenvalue weighted by Gasteiger charge is 2.37. The zero-order chi connectivity index (χ0) is 22.8. The van der Waals surface area contributed by atoms with E-state index in [1.165, 1.54) is 17.0 Å². The Morgan fingerprint density at radius 1 is 1.12 bits per heavy atom. The summed E-state index contributed by atoms with van der Waals surface area (Å²) < 4.78 is 51.7. The van der Waals surface area contributed by atoms with E-state index in [2.05, 4.69) is 0 Å². The van der Waals surface area contributed by atoms with Gasteiger partial charge in [0.1, 0.15) is 23.6 Å². The average molecular weight is 443 g/mol. The number of alkyl halides is 2. The molecule has 0 atom stereocenters. The van der Waals surface area contributed by atoms with Gasteiger partial charge in [0.05, 0.1) is 18.7 Å². The molecule has 1 aliphatic rings. The van der Waals surface area contributed by atoms with Gasteiger partial charge in [0.2, 0.25) is 0 Å². The van der Waals surface area contributed by atoms with Gasteiger partial charge in [0.25, 0.3) is 5.91 Å². The average Bonchev–Trinajstić information content (AvgIpc) is 3.11. The van der Waals surface area contributed by atoms with Crippen molar-refractivity contribution in [2.75, 3.05) is 11.5 Å². The number of rotatable bonds is 8. The van der Waals surface area contributed by atoms with Crippen molar-refractivity contribution in [2.24, 2.45) is 0 Å². The fourth-order valence-electron chi connectivity index (χ4n) is 3.92. The van der Waals surface area contributed by atoms with Crippen LogP contribution < -0.4 is 14.4 Å². The summed E-state index contributed by atoms with van der Waals surface area (Å²) in [5.74, 6) is -1.02. The Balaban J connectivity index is 1.89. The normalized spacial score (nSPS) is 13.0. The maximum Gasteiger partial charge on any atom is 0.387 e. The van der Waals surface area contributed by atoms with E-state index in [-0.39, 0.29) is 35.5 Å². The maximum absolute atomic E-state index is 14.4. The summed E-state index contributed by atoms with van der Waals surface area (Å²) in [6.45, 7) is -0.830. The molecular formula is C24H20F3NO4. The van der Waals surface area contributed by atoms with E-state index in [9.17, 15) is 22.8 Å². The third-order valence-electron chi connectivity index (χ3n) is 5.30. The molecule has 32 heavy (non-hydrogen) atoms. The van der Waals surface area contributed by atoms with Crippen molar-refractivity contribution in [3.8, 4) is 11.5 Å². The van der Waals surface area contributed by atoms with Crippen LogP contribution in [-0.2, 0) is 17.8 Å². The Kier molecular flexibility index (Phi) is 6.03. The van der Waals surface area contributed by atoms with Crippen LogP contribution in [0.5, 0.6) is 11.5 Å². The second-order valence-electron chi connectivity index (χ2n) is 7.32. The number of hydrogen-bond donors (Lipinski definition) is 0. The molecule has 0 unspecified atom stereocenters. The maximum atomic E-state index is 14.4. The molecule has 0 bridgehead atoms. The smallest absolute Gasteiger partial charge is 0.387 e. The van der Waals surface area contributed by atoms with E-state index in [0.717, 1.165) is 6.07 Å². The predicted octanol–water partition coefficient (Wildman–Crippen LogP) is 5.27. The van der Waals surface area contributed by atoms with E-state index in [4.69, 9.17) is 9.47 Å². The van der Waals surface area contributed by atoms with Crippen LogP contribution >= 0.6 is 0 Å². The number of ether oxygens (including phenoxy) is 2. The number of nitrogens with zero attached hydrogens (tertiary/aromatic N) is 1. The SMILES string of the molecule is CCCOc1c2c(c(OC(F)F)c3ccccc13)C(=O)N(c1ccc(CC=O)c(F)c1)C2. The Labute approximate surface area is 182 Å². The van der Waals surface area contributed by atoms with Gasteiger partial charge in [-0.3, -0.25) is 4.79 Å². The van der Waals surface area contributed by atoms with Crippen molar-refractivity contribution in [2.45, 2.75) is 32.9 Å². The first-order valence-corrected chi connectivity index (χ1v) is 10.1. The van der Waals surface area contributed by atoms with Crippen molar-refractivity contribution in [1.29, 1.82) is 0 Å². The van der Waals surface area contributed by atoms with Gasteiger partial charge in [0, 0.05) is 28.4 Å². The summed E-state index contributed by atoms with van der Waals surface area (Å²) >= 11 is 0. The van der Waals surface area contributed by atoms with Crippen molar-refractivity contribution in [3.05, 3.63) is 65.0 Å². The van der Waals surface area contributed by atoms with Crippen molar-refractivity contribution < 1.29 is 32.2 Å². The number of fused-ring (bicyclic) bond motifs is 2. The van der Waals surface area contributed by atoms with Crippen LogP contribution in [-0.4, -0.2) is 25.4 Å². The Morgan fingerprint density at radius 2 is 1.84 bits per heavy atom. The molecule has 0 aliphatic carbocycles. The molecule has 1 heterocycles. The number of amides is 1. The molecule has 1 amide bonds. The number of benzene rings is 3. The molecule has 3 aromatic carbocycles. The van der Waals surface area contributed by atoms with Crippen LogP contribution in [0.1, 0.15) is 34.8 Å². The number of halogens is 3. The van der Waals surface area contributed by atoms with Gasteiger partial charge < -0.3 is 19.2 Å². The first-order valence-electron chi connectivity index (χ1n) is 10.1. The summed E-state index contributed by atoms with van der Waals surface area (Å²) in [4.78, 5) is 25.4. The lowest BCUT2D eigenvalue weighted by Gasteiger charge is -2.17. The van der Waals surface area contributed by atoms with Gasteiger partial charge in [-0.05, 0) is 24.1 Å². The largest absolute Gasteiger partial charge is 0.493 e. The fourth-order valence-corrected chi connectivity index (χ4v) is 3.92. The molecule has 0 spiro atoms. The third kappa shape index (κ3) is 3.77. The molecule has 0 saturated heterocycles. The lowest BCUT2D eigenvalue weighted by molar-refractivity contribution is -0.107. The van der Waals surface area contributed by atoms with Gasteiger partial charge in [0.15, 0.2) is 0 Å². The quantitative estimate of drug-likeness (QED) is 0.445. The molecule has 5 nitrogen and oxygen atoms in total. The summed E-state index contributed by atoms with van der Waals surface area (Å²) in [6.07, 6.45) is 1.21. The number of anilines is 1. The summed E-state index contributed by atoms with van der Waals surface area (Å²) in [5, 5.41) is 0.887. The van der Waals surface area contributed by atoms with E-state index >= 15 is 0 Å². The zero-order valence-corrected chi connectivity index (χ0v) is 17.2. The molecule has 4 rings (SSSR count). The summed E-state index contributed by atoms with van der Waals surface area (Å²) in [5.41, 5.74) is 0.835. The lowest BCUT2D eigenvalue weighted by atomic mass is 9.99. The second kappa shape index (κ2) is 8.90. The van der Waals surface area contributed by atoms with E-state index in [1.807, 2.05) is 6.92 Å². The molecule has 1 aliphatic heterocycles. The minimum Gasteiger partial charge on any atom is -0.493 e. The Hall–Kier alpha value is -3.55. The Morgan fingerprint density at radius 3 is 2.47 bits per heavy atom. The minimum absolute atomic E-state index is 0.00408. The number of hydrogen-bond acceptors (Lipinski definition) is 4. The summed E-state index contributed by atoms with van der Waals surface area (Å²) in [6, 6.07) is 10.8. The molecule has 0 radical (unpaired) electrons. The van der Waals surface area contributed by atoms with E-state index in [0.29, 0.717) is 41.4 Å². The number of carbonyl (C=O) groups excluding carboxylic acids is 2. The van der Waals surface area contributed by atoms with Gasteiger partial charge in [-0.2, -0.15) is 8.78 Å². The Bertz CT molecular complexity index is 1200. The van der Waals surface area contributed by atoms with Crippen LogP contribution in [0.4, 0.5) is 18.9 Å². The second-order valence-corrected chi connectivity index (χ2v) is 7.32.